The molecule has 4 N–H and O–H groups in total. The lowest BCUT2D eigenvalue weighted by molar-refractivity contribution is -0.144. The molecule has 7 heteroatoms. The predicted octanol–water partition coefficient (Wildman–Crippen LogP) is 0.0265. The van der Waals surface area contributed by atoms with Crippen molar-refractivity contribution in [1.82, 2.24) is 5.32 Å². The number of aliphatic carboxylic acids is 1. The van der Waals surface area contributed by atoms with Crippen molar-refractivity contribution in [3.8, 4) is 0 Å². The van der Waals surface area contributed by atoms with Crippen LogP contribution in [0.15, 0.2) is 0 Å². The molecule has 0 aliphatic carbocycles. The van der Waals surface area contributed by atoms with Gasteiger partial charge in [-0.1, -0.05) is 13.3 Å². The highest BCUT2D eigenvalue weighted by atomic mass is 16.5. The number of rotatable bonds is 9. The molecule has 2 atom stereocenters. The highest BCUT2D eigenvalue weighted by Gasteiger charge is 2.21. The standard InChI is InChI=1S/C12H22N2O5/c1-3-4-8(13)7-10(15)14-9(12(17)18)5-6-11(16)19-2/h8-9H,3-7,13H2,1-2H3,(H,14,15)(H,17,18)/t8?,9-/m1/s1. The van der Waals surface area contributed by atoms with Gasteiger partial charge in [-0.05, 0) is 12.8 Å². The number of carbonyl (C=O) groups is 3. The van der Waals surface area contributed by atoms with E-state index in [0.29, 0.717) is 6.42 Å². The van der Waals surface area contributed by atoms with Gasteiger partial charge in [0.1, 0.15) is 6.04 Å². The highest BCUT2D eigenvalue weighted by molar-refractivity contribution is 5.84. The fourth-order valence-electron chi connectivity index (χ4n) is 1.59. The summed E-state index contributed by atoms with van der Waals surface area (Å²) in [5.41, 5.74) is 5.70. The van der Waals surface area contributed by atoms with Crippen LogP contribution < -0.4 is 11.1 Å². The summed E-state index contributed by atoms with van der Waals surface area (Å²) in [6, 6.07) is -1.37. The van der Waals surface area contributed by atoms with Crippen molar-refractivity contribution in [2.75, 3.05) is 7.11 Å². The molecule has 0 saturated heterocycles. The first-order valence-electron chi connectivity index (χ1n) is 6.25. The Morgan fingerprint density at radius 3 is 2.42 bits per heavy atom. The lowest BCUT2D eigenvalue weighted by Crippen LogP contribution is -2.43. The van der Waals surface area contributed by atoms with Crippen molar-refractivity contribution < 1.29 is 24.2 Å². The zero-order valence-electron chi connectivity index (χ0n) is 11.3. The molecule has 0 aromatic carbocycles. The lowest BCUT2D eigenvalue weighted by Gasteiger charge is -2.16. The molecule has 0 aromatic heterocycles. The number of nitrogens with two attached hydrogens (primary N) is 1. The van der Waals surface area contributed by atoms with Gasteiger partial charge in [-0.3, -0.25) is 9.59 Å². The van der Waals surface area contributed by atoms with Gasteiger partial charge >= 0.3 is 11.9 Å². The summed E-state index contributed by atoms with van der Waals surface area (Å²) in [6.45, 7) is 1.95. The van der Waals surface area contributed by atoms with Crippen LogP contribution in [0.25, 0.3) is 0 Å². The lowest BCUT2D eigenvalue weighted by atomic mass is 10.1. The Bertz CT molecular complexity index is 319. The maximum atomic E-state index is 11.6. The van der Waals surface area contributed by atoms with Crippen LogP contribution in [0.5, 0.6) is 0 Å². The fourth-order valence-corrected chi connectivity index (χ4v) is 1.59. The van der Waals surface area contributed by atoms with Crippen LogP contribution in [0.4, 0.5) is 0 Å². The number of amides is 1. The maximum absolute atomic E-state index is 11.6. The van der Waals surface area contributed by atoms with Crippen molar-refractivity contribution >= 4 is 17.8 Å². The zero-order chi connectivity index (χ0) is 14.8. The number of carbonyl (C=O) groups excluding carboxylic acids is 2. The molecule has 0 spiro atoms. The molecule has 110 valence electrons. The molecule has 1 unspecified atom stereocenters. The second-order valence-electron chi connectivity index (χ2n) is 4.33. The highest BCUT2D eigenvalue weighted by Crippen LogP contribution is 2.02. The number of hydrogen-bond acceptors (Lipinski definition) is 5. The number of esters is 1. The molecule has 0 aliphatic heterocycles. The fraction of sp³-hybridized carbons (Fsp3) is 0.750. The molecule has 0 bridgehead atoms. The van der Waals surface area contributed by atoms with Gasteiger partial charge in [-0.15, -0.1) is 0 Å². The van der Waals surface area contributed by atoms with Crippen molar-refractivity contribution in [3.63, 3.8) is 0 Å². The van der Waals surface area contributed by atoms with Crippen LogP contribution in [0.1, 0.15) is 39.0 Å². The second-order valence-corrected chi connectivity index (χ2v) is 4.33. The van der Waals surface area contributed by atoms with Crippen molar-refractivity contribution in [2.45, 2.75) is 51.1 Å². The third-order valence-corrected chi connectivity index (χ3v) is 2.61. The van der Waals surface area contributed by atoms with Crippen LogP contribution in [0, 0.1) is 0 Å². The van der Waals surface area contributed by atoms with E-state index < -0.39 is 23.9 Å². The smallest absolute Gasteiger partial charge is 0.326 e. The number of methoxy groups -OCH3 is 1. The minimum atomic E-state index is -1.18. The molecule has 1 amide bonds. The quantitative estimate of drug-likeness (QED) is 0.510. The van der Waals surface area contributed by atoms with Gasteiger partial charge in [0.25, 0.3) is 0 Å². The Labute approximate surface area is 112 Å². The van der Waals surface area contributed by atoms with Crippen LogP contribution in [-0.2, 0) is 19.1 Å². The monoisotopic (exact) mass is 274 g/mol. The first kappa shape index (κ1) is 17.4. The number of carboxylic acid groups (broad SMARTS) is 1. The van der Waals surface area contributed by atoms with E-state index in [1.165, 1.54) is 7.11 Å². The Morgan fingerprint density at radius 1 is 1.32 bits per heavy atom. The van der Waals surface area contributed by atoms with E-state index in [0.717, 1.165) is 6.42 Å². The molecule has 7 nitrogen and oxygen atoms in total. The first-order chi connectivity index (χ1) is 8.90. The second kappa shape index (κ2) is 9.32. The first-order valence-corrected chi connectivity index (χ1v) is 6.25. The SMILES string of the molecule is CCCC(N)CC(=O)N[C@H](CCC(=O)OC)C(=O)O. The molecule has 0 aliphatic rings. The van der Waals surface area contributed by atoms with Gasteiger partial charge in [-0.25, -0.2) is 4.79 Å². The van der Waals surface area contributed by atoms with E-state index in [1.54, 1.807) is 0 Å². The summed E-state index contributed by atoms with van der Waals surface area (Å²) < 4.78 is 4.42. The van der Waals surface area contributed by atoms with Crippen LogP contribution in [-0.4, -0.2) is 42.1 Å². The minimum absolute atomic E-state index is 0.00321. The van der Waals surface area contributed by atoms with Gasteiger partial charge < -0.3 is 20.9 Å². The third kappa shape index (κ3) is 8.15. The van der Waals surface area contributed by atoms with Gasteiger partial charge in [0.2, 0.25) is 5.91 Å². The van der Waals surface area contributed by atoms with Crippen LogP contribution in [0.2, 0.25) is 0 Å². The van der Waals surface area contributed by atoms with Gasteiger partial charge in [0.05, 0.1) is 7.11 Å². The number of hydrogen-bond donors (Lipinski definition) is 3. The largest absolute Gasteiger partial charge is 0.480 e. The number of carboxylic acids is 1. The molecule has 0 fully saturated rings. The molecule has 0 rings (SSSR count). The Hall–Kier alpha value is -1.63. The van der Waals surface area contributed by atoms with E-state index in [2.05, 4.69) is 10.1 Å². The van der Waals surface area contributed by atoms with Crippen molar-refractivity contribution in [1.29, 1.82) is 0 Å². The molecule has 19 heavy (non-hydrogen) atoms. The third-order valence-electron chi connectivity index (χ3n) is 2.61. The molecule has 0 radical (unpaired) electrons. The zero-order valence-corrected chi connectivity index (χ0v) is 11.3. The summed E-state index contributed by atoms with van der Waals surface area (Å²) >= 11 is 0. The predicted molar refractivity (Wildman–Crippen MR) is 68.3 cm³/mol. The molecular formula is C12H22N2O5. The Morgan fingerprint density at radius 2 is 1.95 bits per heavy atom. The van der Waals surface area contributed by atoms with E-state index in [4.69, 9.17) is 10.8 Å². The van der Waals surface area contributed by atoms with Gasteiger partial charge in [0.15, 0.2) is 0 Å². The Kier molecular flexibility index (Phi) is 8.52. The maximum Gasteiger partial charge on any atom is 0.326 e. The van der Waals surface area contributed by atoms with Gasteiger partial charge in [0, 0.05) is 18.9 Å². The minimum Gasteiger partial charge on any atom is -0.480 e. The number of ether oxygens (including phenoxy) is 1. The topological polar surface area (TPSA) is 119 Å². The van der Waals surface area contributed by atoms with Gasteiger partial charge in [-0.2, -0.15) is 0 Å². The summed E-state index contributed by atoms with van der Waals surface area (Å²) in [5, 5.41) is 11.3. The number of nitrogens with one attached hydrogen (secondary N) is 1. The average Bonchev–Trinajstić information content (AvgIpc) is 2.33. The van der Waals surface area contributed by atoms with E-state index in [1.807, 2.05) is 6.92 Å². The van der Waals surface area contributed by atoms with Crippen molar-refractivity contribution in [2.24, 2.45) is 5.73 Å². The van der Waals surface area contributed by atoms with Crippen LogP contribution in [0.3, 0.4) is 0 Å². The van der Waals surface area contributed by atoms with E-state index >= 15 is 0 Å². The molecule has 0 saturated carbocycles. The summed E-state index contributed by atoms with van der Waals surface area (Å²) in [4.78, 5) is 33.5. The van der Waals surface area contributed by atoms with E-state index in [9.17, 15) is 14.4 Å². The molecular weight excluding hydrogens is 252 g/mol. The normalized spacial score (nSPS) is 13.4. The summed E-state index contributed by atoms with van der Waals surface area (Å²) in [7, 11) is 1.22. The van der Waals surface area contributed by atoms with Crippen LogP contribution >= 0.6 is 0 Å². The van der Waals surface area contributed by atoms with Crippen molar-refractivity contribution in [3.05, 3.63) is 0 Å². The van der Waals surface area contributed by atoms with E-state index in [-0.39, 0.29) is 25.3 Å². The summed E-state index contributed by atoms with van der Waals surface area (Å²) in [6.07, 6.45) is 1.58. The summed E-state index contributed by atoms with van der Waals surface area (Å²) in [5.74, 6) is -2.11. The average molecular weight is 274 g/mol. The Balaban J connectivity index is 4.22. The molecule has 0 heterocycles. The molecule has 0 aromatic rings.